The maximum Gasteiger partial charge on any atom is 0.239 e. The molecule has 0 aromatic heterocycles. The molecule has 0 spiro atoms. The van der Waals surface area contributed by atoms with Gasteiger partial charge in [-0.15, -0.1) is 0 Å². The van der Waals surface area contributed by atoms with Gasteiger partial charge in [0, 0.05) is 18.5 Å². The smallest absolute Gasteiger partial charge is 0.239 e. The van der Waals surface area contributed by atoms with E-state index >= 15 is 0 Å². The van der Waals surface area contributed by atoms with Gasteiger partial charge in [-0.2, -0.15) is 0 Å². The van der Waals surface area contributed by atoms with Crippen molar-refractivity contribution in [2.45, 2.75) is 45.6 Å². The van der Waals surface area contributed by atoms with E-state index in [9.17, 15) is 9.59 Å². The number of hydrogen-bond acceptors (Lipinski definition) is 3. The topological polar surface area (TPSA) is 84.2 Å². The van der Waals surface area contributed by atoms with Gasteiger partial charge in [-0.3, -0.25) is 9.59 Å². The number of hydrogen-bond donors (Lipinski definition) is 3. The summed E-state index contributed by atoms with van der Waals surface area (Å²) in [5, 5.41) is 5.44. The number of carbonyl (C=O) groups is 2. The van der Waals surface area contributed by atoms with Gasteiger partial charge in [0.05, 0.1) is 6.54 Å². The summed E-state index contributed by atoms with van der Waals surface area (Å²) < 4.78 is 0. The van der Waals surface area contributed by atoms with Crippen LogP contribution < -0.4 is 16.4 Å². The van der Waals surface area contributed by atoms with Crippen LogP contribution in [-0.4, -0.2) is 30.9 Å². The Bertz CT molecular complexity index is 294. The molecule has 4 N–H and O–H groups in total. The van der Waals surface area contributed by atoms with Crippen molar-refractivity contribution in [3.63, 3.8) is 0 Å². The van der Waals surface area contributed by atoms with Crippen molar-refractivity contribution in [3.8, 4) is 0 Å². The third kappa shape index (κ3) is 4.64. The minimum Gasteiger partial charge on any atom is -0.355 e. The molecule has 0 aromatic rings. The van der Waals surface area contributed by atoms with Crippen LogP contribution in [0.25, 0.3) is 0 Å². The first kappa shape index (κ1) is 15.0. The predicted molar refractivity (Wildman–Crippen MR) is 70.8 cm³/mol. The molecule has 0 bridgehead atoms. The van der Waals surface area contributed by atoms with Crippen molar-refractivity contribution in [1.29, 1.82) is 0 Å². The van der Waals surface area contributed by atoms with Crippen LogP contribution in [0.4, 0.5) is 0 Å². The van der Waals surface area contributed by atoms with Gasteiger partial charge in [-0.25, -0.2) is 0 Å². The Morgan fingerprint density at radius 2 is 2.00 bits per heavy atom. The van der Waals surface area contributed by atoms with Gasteiger partial charge in [0.2, 0.25) is 11.8 Å². The zero-order chi connectivity index (χ0) is 13.5. The Hall–Kier alpha value is -1.10. The van der Waals surface area contributed by atoms with Gasteiger partial charge in [0.25, 0.3) is 0 Å². The number of nitrogens with one attached hydrogen (secondary N) is 2. The molecule has 1 aliphatic rings. The average Bonchev–Trinajstić information content (AvgIpc) is 2.36. The normalized spacial score (nSPS) is 27.6. The molecule has 0 aromatic carbocycles. The van der Waals surface area contributed by atoms with E-state index in [2.05, 4.69) is 17.6 Å². The monoisotopic (exact) mass is 255 g/mol. The van der Waals surface area contributed by atoms with E-state index in [1.54, 1.807) is 0 Å². The van der Waals surface area contributed by atoms with Crippen molar-refractivity contribution >= 4 is 11.8 Å². The Morgan fingerprint density at radius 3 is 2.67 bits per heavy atom. The first-order chi connectivity index (χ1) is 8.54. The number of rotatable bonds is 5. The second-order valence-electron chi connectivity index (χ2n) is 5.22. The highest BCUT2D eigenvalue weighted by Crippen LogP contribution is 2.28. The van der Waals surface area contributed by atoms with E-state index in [4.69, 9.17) is 5.73 Å². The lowest BCUT2D eigenvalue weighted by molar-refractivity contribution is -0.130. The van der Waals surface area contributed by atoms with Crippen LogP contribution in [-0.2, 0) is 9.59 Å². The summed E-state index contributed by atoms with van der Waals surface area (Å²) in [7, 11) is 0. The zero-order valence-corrected chi connectivity index (χ0v) is 11.4. The van der Waals surface area contributed by atoms with Gasteiger partial charge in [-0.1, -0.05) is 13.8 Å². The van der Waals surface area contributed by atoms with Crippen LogP contribution in [0.15, 0.2) is 0 Å². The van der Waals surface area contributed by atoms with Crippen LogP contribution in [0.2, 0.25) is 0 Å². The highest BCUT2D eigenvalue weighted by atomic mass is 16.2. The van der Waals surface area contributed by atoms with Crippen molar-refractivity contribution in [1.82, 2.24) is 10.6 Å². The molecule has 1 saturated carbocycles. The van der Waals surface area contributed by atoms with Crippen molar-refractivity contribution in [2.24, 2.45) is 17.6 Å². The van der Waals surface area contributed by atoms with E-state index in [1.807, 2.05) is 6.92 Å². The van der Waals surface area contributed by atoms with Gasteiger partial charge in [-0.05, 0) is 31.6 Å². The van der Waals surface area contributed by atoms with Crippen molar-refractivity contribution in [2.75, 3.05) is 13.1 Å². The Kier molecular flexibility index (Phi) is 6.12. The van der Waals surface area contributed by atoms with Crippen LogP contribution in [0, 0.1) is 11.8 Å². The summed E-state index contributed by atoms with van der Waals surface area (Å²) in [5.74, 6) is 0.137. The lowest BCUT2D eigenvalue weighted by Crippen LogP contribution is -2.44. The summed E-state index contributed by atoms with van der Waals surface area (Å²) in [6, 6.07) is 0.117. The molecular formula is C13H25N3O2. The fourth-order valence-corrected chi connectivity index (χ4v) is 2.35. The molecule has 3 unspecified atom stereocenters. The second-order valence-corrected chi connectivity index (χ2v) is 5.22. The molecule has 104 valence electrons. The molecule has 18 heavy (non-hydrogen) atoms. The van der Waals surface area contributed by atoms with Crippen molar-refractivity contribution < 1.29 is 9.59 Å². The third-order valence-corrected chi connectivity index (χ3v) is 3.57. The van der Waals surface area contributed by atoms with Crippen LogP contribution in [0.1, 0.15) is 39.5 Å². The second kappa shape index (κ2) is 7.36. The fourth-order valence-electron chi connectivity index (χ4n) is 2.35. The largest absolute Gasteiger partial charge is 0.355 e. The molecule has 2 amide bonds. The van der Waals surface area contributed by atoms with Gasteiger partial charge in [0.1, 0.15) is 0 Å². The van der Waals surface area contributed by atoms with Gasteiger partial charge < -0.3 is 16.4 Å². The lowest BCUT2D eigenvalue weighted by atomic mass is 9.78. The minimum absolute atomic E-state index is 0.0377. The Balaban J connectivity index is 2.33. The minimum atomic E-state index is -0.127. The molecule has 1 rings (SSSR count). The summed E-state index contributed by atoms with van der Waals surface area (Å²) in [4.78, 5) is 23.4. The molecule has 0 heterocycles. The number of carbonyl (C=O) groups excluding carboxylic acids is 2. The van der Waals surface area contributed by atoms with E-state index < -0.39 is 0 Å². The van der Waals surface area contributed by atoms with Crippen molar-refractivity contribution in [3.05, 3.63) is 0 Å². The predicted octanol–water partition coefficient (Wildman–Crippen LogP) is 0.392. The third-order valence-electron chi connectivity index (χ3n) is 3.57. The Morgan fingerprint density at radius 1 is 1.28 bits per heavy atom. The highest BCUT2D eigenvalue weighted by molar-refractivity contribution is 5.85. The summed E-state index contributed by atoms with van der Waals surface area (Å²) in [5.41, 5.74) is 5.89. The van der Waals surface area contributed by atoms with E-state index in [0.717, 1.165) is 25.7 Å². The highest BCUT2D eigenvalue weighted by Gasteiger charge is 2.31. The molecule has 5 nitrogen and oxygen atoms in total. The maximum atomic E-state index is 12.0. The molecule has 0 radical (unpaired) electrons. The SMILES string of the molecule is CCCNC(=O)CNC(=O)C1CC(N)CCC1C. The molecule has 3 atom stereocenters. The first-order valence-corrected chi connectivity index (χ1v) is 6.84. The van der Waals surface area contributed by atoms with Crippen LogP contribution in [0.3, 0.4) is 0 Å². The van der Waals surface area contributed by atoms with Crippen LogP contribution in [0.5, 0.6) is 0 Å². The molecule has 5 heteroatoms. The maximum absolute atomic E-state index is 12.0. The van der Waals surface area contributed by atoms with E-state index in [1.165, 1.54) is 0 Å². The zero-order valence-electron chi connectivity index (χ0n) is 11.4. The van der Waals surface area contributed by atoms with E-state index in [0.29, 0.717) is 12.5 Å². The molecule has 1 aliphatic carbocycles. The average molecular weight is 255 g/mol. The number of nitrogens with two attached hydrogens (primary N) is 1. The van der Waals surface area contributed by atoms with Crippen LogP contribution >= 0.6 is 0 Å². The summed E-state index contributed by atoms with van der Waals surface area (Å²) in [6.45, 7) is 4.79. The molecule has 0 aliphatic heterocycles. The first-order valence-electron chi connectivity index (χ1n) is 6.84. The number of amides is 2. The fraction of sp³-hybridized carbons (Fsp3) is 0.846. The lowest BCUT2D eigenvalue weighted by Gasteiger charge is -2.31. The quantitative estimate of drug-likeness (QED) is 0.664. The molecule has 0 saturated heterocycles. The van der Waals surface area contributed by atoms with Gasteiger partial charge >= 0.3 is 0 Å². The summed E-state index contributed by atoms with van der Waals surface area (Å²) in [6.07, 6.45) is 3.60. The van der Waals surface area contributed by atoms with Gasteiger partial charge in [0.15, 0.2) is 0 Å². The Labute approximate surface area is 109 Å². The standard InChI is InChI=1S/C13H25N3O2/c1-3-6-15-12(17)8-16-13(18)11-7-10(14)5-4-9(11)2/h9-11H,3-8,14H2,1-2H3,(H,15,17)(H,16,18). The molecule has 1 fully saturated rings. The summed E-state index contributed by atoms with van der Waals surface area (Å²) >= 11 is 0. The van der Waals surface area contributed by atoms with E-state index in [-0.39, 0.29) is 30.3 Å². The molecular weight excluding hydrogens is 230 g/mol.